The summed E-state index contributed by atoms with van der Waals surface area (Å²) < 4.78 is 7.35. The zero-order valence-corrected chi connectivity index (χ0v) is 6.25. The van der Waals surface area contributed by atoms with Gasteiger partial charge >= 0.3 is 6.09 Å². The van der Waals surface area contributed by atoms with E-state index in [9.17, 15) is 4.79 Å². The molecule has 1 amide bonds. The fourth-order valence-corrected chi connectivity index (χ4v) is 1.48. The number of rotatable bonds is 0. The van der Waals surface area contributed by atoms with Crippen molar-refractivity contribution in [3.8, 4) is 0 Å². The monoisotopic (exact) mass is 147 g/mol. The SMILES string of the molecule is CC(C)=S1COC(=O)N1. The lowest BCUT2D eigenvalue weighted by atomic mass is 10.6. The van der Waals surface area contributed by atoms with Gasteiger partial charge in [0.1, 0.15) is 0 Å². The standard InChI is InChI=1S/C5H9NO2S/c1-4(2)9-3-8-5(7)6-9/h3H2,1-2H3,(H,6,7). The van der Waals surface area contributed by atoms with Crippen LogP contribution in [0.25, 0.3) is 0 Å². The highest BCUT2D eigenvalue weighted by Crippen LogP contribution is 2.16. The number of carbonyl (C=O) groups is 1. The van der Waals surface area contributed by atoms with Gasteiger partial charge in [0.2, 0.25) is 0 Å². The summed E-state index contributed by atoms with van der Waals surface area (Å²) in [7, 11) is -0.114. The smallest absolute Gasteiger partial charge is 0.417 e. The zero-order valence-electron chi connectivity index (χ0n) is 5.43. The van der Waals surface area contributed by atoms with Gasteiger partial charge in [0.05, 0.1) is 0 Å². The van der Waals surface area contributed by atoms with Crippen LogP contribution in [-0.4, -0.2) is 16.9 Å². The van der Waals surface area contributed by atoms with Crippen molar-refractivity contribution in [2.45, 2.75) is 13.8 Å². The highest BCUT2D eigenvalue weighted by atomic mass is 32.2. The second-order valence-electron chi connectivity index (χ2n) is 1.95. The Morgan fingerprint density at radius 1 is 1.78 bits per heavy atom. The van der Waals surface area contributed by atoms with Gasteiger partial charge in [0, 0.05) is 0 Å². The number of ether oxygens (including phenoxy) is 1. The molecular weight excluding hydrogens is 138 g/mol. The lowest BCUT2D eigenvalue weighted by Gasteiger charge is -1.95. The van der Waals surface area contributed by atoms with Crippen molar-refractivity contribution in [1.82, 2.24) is 4.72 Å². The predicted molar refractivity (Wildman–Crippen MR) is 38.4 cm³/mol. The van der Waals surface area contributed by atoms with E-state index in [2.05, 4.69) is 9.46 Å². The van der Waals surface area contributed by atoms with Crippen molar-refractivity contribution in [3.63, 3.8) is 0 Å². The Labute approximate surface area is 56.4 Å². The normalized spacial score (nSPS) is 25.1. The van der Waals surface area contributed by atoms with E-state index in [0.29, 0.717) is 5.94 Å². The Kier molecular flexibility index (Phi) is 1.75. The van der Waals surface area contributed by atoms with Gasteiger partial charge in [-0.1, -0.05) is 10.7 Å². The van der Waals surface area contributed by atoms with E-state index in [0.717, 1.165) is 0 Å². The number of carbonyl (C=O) groups excluding carboxylic acids is 1. The molecule has 1 saturated heterocycles. The molecule has 1 aliphatic heterocycles. The summed E-state index contributed by atoms with van der Waals surface area (Å²) in [4.78, 5) is 11.6. The van der Waals surface area contributed by atoms with Crippen LogP contribution < -0.4 is 4.72 Å². The van der Waals surface area contributed by atoms with E-state index in [1.807, 2.05) is 13.8 Å². The Balaban J connectivity index is 2.69. The predicted octanol–water partition coefficient (Wildman–Crippen LogP) is 1.08. The van der Waals surface area contributed by atoms with Crippen molar-refractivity contribution in [1.29, 1.82) is 0 Å². The van der Waals surface area contributed by atoms with E-state index in [4.69, 9.17) is 0 Å². The molecule has 1 atom stereocenters. The molecule has 0 saturated carbocycles. The number of nitrogens with one attached hydrogen (secondary N) is 1. The van der Waals surface area contributed by atoms with E-state index >= 15 is 0 Å². The third-order valence-corrected chi connectivity index (χ3v) is 2.76. The molecule has 0 aromatic heterocycles. The van der Waals surface area contributed by atoms with Gasteiger partial charge in [0.25, 0.3) is 0 Å². The molecule has 1 aliphatic rings. The number of hydrogen-bond donors (Lipinski definition) is 1. The van der Waals surface area contributed by atoms with Crippen LogP contribution in [0.4, 0.5) is 4.79 Å². The van der Waals surface area contributed by atoms with Crippen LogP contribution in [0.1, 0.15) is 13.8 Å². The van der Waals surface area contributed by atoms with Crippen molar-refractivity contribution < 1.29 is 9.53 Å². The summed E-state index contributed by atoms with van der Waals surface area (Å²) in [5.41, 5.74) is 0. The molecule has 1 heterocycles. The van der Waals surface area contributed by atoms with Crippen LogP contribution in [0.3, 0.4) is 0 Å². The molecule has 52 valence electrons. The van der Waals surface area contributed by atoms with Crippen LogP contribution in [0, 0.1) is 0 Å². The summed E-state index contributed by atoms with van der Waals surface area (Å²) in [6.45, 7) is 3.97. The Hall–Kier alpha value is -0.510. The summed E-state index contributed by atoms with van der Waals surface area (Å²) in [6, 6.07) is 0. The molecule has 0 aliphatic carbocycles. The van der Waals surface area contributed by atoms with Gasteiger partial charge in [-0.3, -0.25) is 4.72 Å². The van der Waals surface area contributed by atoms with Crippen molar-refractivity contribution in [3.05, 3.63) is 0 Å². The molecule has 9 heavy (non-hydrogen) atoms. The van der Waals surface area contributed by atoms with Gasteiger partial charge in [-0.2, -0.15) is 0 Å². The molecule has 0 aromatic carbocycles. The average Bonchev–Trinajstić information content (AvgIpc) is 2.14. The molecule has 1 rings (SSSR count). The summed E-state index contributed by atoms with van der Waals surface area (Å²) >= 11 is 0. The number of cyclic esters (lactones) is 1. The number of hydrogen-bond acceptors (Lipinski definition) is 2. The van der Waals surface area contributed by atoms with Crippen LogP contribution in [0.15, 0.2) is 0 Å². The molecule has 1 N–H and O–H groups in total. The van der Waals surface area contributed by atoms with Gasteiger partial charge in [-0.15, -0.1) is 0 Å². The van der Waals surface area contributed by atoms with Crippen LogP contribution >= 0.6 is 10.7 Å². The van der Waals surface area contributed by atoms with E-state index in [-0.39, 0.29) is 16.8 Å². The molecule has 0 radical (unpaired) electrons. The van der Waals surface area contributed by atoms with E-state index < -0.39 is 0 Å². The minimum Gasteiger partial charge on any atom is -0.437 e. The average molecular weight is 147 g/mol. The third-order valence-electron chi connectivity index (χ3n) is 1.01. The summed E-state index contributed by atoms with van der Waals surface area (Å²) in [5.74, 6) is 0.515. The fourth-order valence-electron chi connectivity index (χ4n) is 0.492. The van der Waals surface area contributed by atoms with Crippen molar-refractivity contribution in [2.75, 3.05) is 5.94 Å². The zero-order chi connectivity index (χ0) is 6.85. The van der Waals surface area contributed by atoms with Gasteiger partial charge in [-0.25, -0.2) is 4.79 Å². The molecule has 0 bridgehead atoms. The lowest BCUT2D eigenvalue weighted by Crippen LogP contribution is -2.08. The Bertz CT molecular complexity index is 172. The second-order valence-corrected chi connectivity index (χ2v) is 3.99. The maximum atomic E-state index is 10.4. The molecule has 0 aromatic rings. The lowest BCUT2D eigenvalue weighted by molar-refractivity contribution is 0.180. The molecule has 3 nitrogen and oxygen atoms in total. The first kappa shape index (κ1) is 6.61. The molecule has 0 spiro atoms. The minimum absolute atomic E-state index is 0.114. The highest BCUT2D eigenvalue weighted by Gasteiger charge is 2.13. The largest absolute Gasteiger partial charge is 0.437 e. The first-order valence-electron chi connectivity index (χ1n) is 2.64. The summed E-state index contributed by atoms with van der Waals surface area (Å²) in [5, 5.41) is 0. The van der Waals surface area contributed by atoms with E-state index in [1.165, 1.54) is 4.86 Å². The molecule has 1 unspecified atom stereocenters. The third kappa shape index (κ3) is 1.45. The van der Waals surface area contributed by atoms with E-state index in [1.54, 1.807) is 0 Å². The van der Waals surface area contributed by atoms with Crippen molar-refractivity contribution in [2.24, 2.45) is 0 Å². The topological polar surface area (TPSA) is 38.3 Å². The van der Waals surface area contributed by atoms with Crippen LogP contribution in [0.5, 0.6) is 0 Å². The van der Waals surface area contributed by atoms with Gasteiger partial charge in [0.15, 0.2) is 5.94 Å². The van der Waals surface area contributed by atoms with Gasteiger partial charge in [-0.05, 0) is 18.7 Å². The minimum atomic E-state index is -0.292. The second kappa shape index (κ2) is 2.39. The van der Waals surface area contributed by atoms with Crippen molar-refractivity contribution >= 4 is 21.6 Å². The molecule has 4 heteroatoms. The molecular formula is C5H9NO2S. The fraction of sp³-hybridized carbons (Fsp3) is 0.600. The van der Waals surface area contributed by atoms with Gasteiger partial charge < -0.3 is 4.74 Å². The maximum absolute atomic E-state index is 10.4. The molecule has 1 fully saturated rings. The highest BCUT2D eigenvalue weighted by molar-refractivity contribution is 8.14. The van der Waals surface area contributed by atoms with Crippen LogP contribution in [0.2, 0.25) is 0 Å². The first-order chi connectivity index (χ1) is 4.20. The summed E-state index contributed by atoms with van der Waals surface area (Å²) in [6.07, 6.45) is -0.292. The maximum Gasteiger partial charge on any atom is 0.417 e. The quantitative estimate of drug-likeness (QED) is 0.521. The Morgan fingerprint density at radius 3 is 2.67 bits per heavy atom. The van der Waals surface area contributed by atoms with Crippen LogP contribution in [-0.2, 0) is 4.74 Å². The first-order valence-corrected chi connectivity index (χ1v) is 4.04. The number of amides is 1. The Morgan fingerprint density at radius 2 is 2.44 bits per heavy atom.